The molecule has 1 spiro atoms. The van der Waals surface area contributed by atoms with Gasteiger partial charge in [0.05, 0.1) is 42.4 Å². The predicted molar refractivity (Wildman–Crippen MR) is 161 cm³/mol. The first-order valence-corrected chi connectivity index (χ1v) is 16.0. The van der Waals surface area contributed by atoms with Crippen molar-refractivity contribution in [3.05, 3.63) is 66.2 Å². The van der Waals surface area contributed by atoms with Crippen molar-refractivity contribution in [1.29, 1.82) is 0 Å². The molecule has 0 radical (unpaired) electrons. The Balaban J connectivity index is 1.32. The summed E-state index contributed by atoms with van der Waals surface area (Å²) in [6.07, 6.45) is 0.582. The number of hydrogen-bond acceptors (Lipinski definition) is 7. The maximum atomic E-state index is 14.5. The molecule has 9 nitrogen and oxygen atoms in total. The van der Waals surface area contributed by atoms with Gasteiger partial charge in [0, 0.05) is 41.9 Å². The number of benzene rings is 2. The molecule has 7 atom stereocenters. The number of hydrogen-bond donors (Lipinski definition) is 3. The van der Waals surface area contributed by atoms with Gasteiger partial charge in [0.25, 0.3) is 0 Å². The van der Waals surface area contributed by atoms with Gasteiger partial charge in [-0.1, -0.05) is 64.5 Å². The molecular formula is C30H35BrN4O5S. The molecule has 6 rings (SSSR count). The highest BCUT2D eigenvalue weighted by molar-refractivity contribution is 9.09. The van der Waals surface area contributed by atoms with Crippen LogP contribution in [-0.2, 0) is 19.1 Å². The number of anilines is 1. The van der Waals surface area contributed by atoms with Crippen LogP contribution in [0.2, 0.25) is 0 Å². The van der Waals surface area contributed by atoms with Crippen LogP contribution in [0.4, 0.5) is 5.69 Å². The molecule has 2 bridgehead atoms. The molecule has 4 aliphatic heterocycles. The van der Waals surface area contributed by atoms with E-state index in [1.165, 1.54) is 0 Å². The molecule has 0 saturated carbocycles. The first-order chi connectivity index (χ1) is 19.9. The van der Waals surface area contributed by atoms with Gasteiger partial charge in [0.2, 0.25) is 17.7 Å². The average molecular weight is 644 g/mol. The number of fused-ring (bicyclic) bond motifs is 1. The summed E-state index contributed by atoms with van der Waals surface area (Å²) in [7, 11) is 0. The topological polar surface area (TPSA) is 111 Å². The Morgan fingerprint density at radius 2 is 1.76 bits per heavy atom. The van der Waals surface area contributed by atoms with Crippen LogP contribution in [0, 0.1) is 11.8 Å². The number of aliphatic hydroxyl groups is 1. The van der Waals surface area contributed by atoms with E-state index in [2.05, 4.69) is 31.5 Å². The van der Waals surface area contributed by atoms with Crippen molar-refractivity contribution in [3.63, 3.8) is 0 Å². The molecule has 2 aromatic carbocycles. The highest BCUT2D eigenvalue weighted by Crippen LogP contribution is 2.68. The van der Waals surface area contributed by atoms with Gasteiger partial charge in [-0.25, -0.2) is 0 Å². The van der Waals surface area contributed by atoms with Crippen LogP contribution in [0.5, 0.6) is 0 Å². The normalized spacial score (nSPS) is 31.6. The van der Waals surface area contributed by atoms with Crippen molar-refractivity contribution in [2.24, 2.45) is 11.8 Å². The number of halogens is 1. The minimum absolute atomic E-state index is 0.0315. The van der Waals surface area contributed by atoms with E-state index in [9.17, 15) is 19.5 Å². The Morgan fingerprint density at radius 3 is 2.44 bits per heavy atom. The number of carbonyl (C=O) groups is 3. The molecule has 4 fully saturated rings. The fraction of sp³-hybridized carbons (Fsp3) is 0.500. The van der Waals surface area contributed by atoms with E-state index in [0.717, 1.165) is 18.7 Å². The monoisotopic (exact) mass is 642 g/mol. The Hall–Kier alpha value is -2.44. The predicted octanol–water partition coefficient (Wildman–Crippen LogP) is 2.27. The summed E-state index contributed by atoms with van der Waals surface area (Å²) in [5.74, 6) is -1.99. The standard InChI is InChI=1S/C30H35BrN4O5S/c31-21-17-30-24(23(25(21)41-30)27(37)33-20-9-5-2-6-10-20)29(39)35(22(18-36)19-7-3-1-4-8-19)26(30)28(38)32-11-12-34-13-15-40-16-14-34/h1-10,21-26,36H,11-18H2,(H,32,38)(H,33,37)/t21?,22-,23+,24+,25+,26?,30?/m1/s1. The number of aliphatic hydroxyl groups excluding tert-OH is 1. The summed E-state index contributed by atoms with van der Waals surface area (Å²) in [4.78, 5) is 46.2. The number of alkyl halides is 1. The lowest BCUT2D eigenvalue weighted by atomic mass is 9.70. The fourth-order valence-electron chi connectivity index (χ4n) is 7.04. The van der Waals surface area contributed by atoms with Gasteiger partial charge in [-0.3, -0.25) is 19.3 Å². The third-order valence-corrected chi connectivity index (χ3v) is 12.1. The largest absolute Gasteiger partial charge is 0.394 e. The number of nitrogens with one attached hydrogen (secondary N) is 2. The lowest BCUT2D eigenvalue weighted by Gasteiger charge is -2.37. The SMILES string of the molecule is O=C(NCCN1CCOCC1)C1N([C@H](CO)c2ccccc2)C(=O)[C@@H]2[C@H](C(=O)Nc3ccccc3)[C@H]3SC12CC3Br. The molecule has 0 aromatic heterocycles. The molecule has 41 heavy (non-hydrogen) atoms. The minimum Gasteiger partial charge on any atom is -0.394 e. The molecular weight excluding hydrogens is 608 g/mol. The number of thioether (sulfide) groups is 1. The molecule has 3 unspecified atom stereocenters. The number of ether oxygens (including phenoxy) is 1. The third kappa shape index (κ3) is 5.20. The van der Waals surface area contributed by atoms with Crippen LogP contribution in [0.3, 0.4) is 0 Å². The van der Waals surface area contributed by atoms with Gasteiger partial charge in [-0.05, 0) is 24.1 Å². The van der Waals surface area contributed by atoms with Crippen molar-refractivity contribution in [3.8, 4) is 0 Å². The van der Waals surface area contributed by atoms with Gasteiger partial charge < -0.3 is 25.4 Å². The summed E-state index contributed by atoms with van der Waals surface area (Å²) >= 11 is 5.40. The number of morpholine rings is 1. The second kappa shape index (κ2) is 12.0. The van der Waals surface area contributed by atoms with Crippen molar-refractivity contribution >= 4 is 51.1 Å². The molecule has 2 aromatic rings. The van der Waals surface area contributed by atoms with E-state index >= 15 is 0 Å². The second-order valence-electron chi connectivity index (χ2n) is 11.1. The highest BCUT2D eigenvalue weighted by atomic mass is 79.9. The summed E-state index contributed by atoms with van der Waals surface area (Å²) in [5, 5.41) is 16.6. The molecule has 4 aliphatic rings. The molecule has 11 heteroatoms. The number of nitrogens with zero attached hydrogens (tertiary/aromatic N) is 2. The number of para-hydroxylation sites is 1. The van der Waals surface area contributed by atoms with Gasteiger partial charge in [-0.2, -0.15) is 0 Å². The van der Waals surface area contributed by atoms with E-state index in [0.29, 0.717) is 38.4 Å². The van der Waals surface area contributed by atoms with Crippen LogP contribution in [0.25, 0.3) is 0 Å². The van der Waals surface area contributed by atoms with Gasteiger partial charge in [0.15, 0.2) is 0 Å². The number of amides is 3. The number of carbonyl (C=O) groups excluding carboxylic acids is 3. The summed E-state index contributed by atoms with van der Waals surface area (Å²) < 4.78 is 4.64. The van der Waals surface area contributed by atoms with E-state index in [-0.39, 0.29) is 34.4 Å². The van der Waals surface area contributed by atoms with E-state index in [1.807, 2.05) is 60.7 Å². The smallest absolute Gasteiger partial charge is 0.244 e. The van der Waals surface area contributed by atoms with Gasteiger partial charge in [-0.15, -0.1) is 11.8 Å². The van der Waals surface area contributed by atoms with E-state index in [1.54, 1.807) is 16.7 Å². The van der Waals surface area contributed by atoms with Crippen molar-refractivity contribution in [2.75, 3.05) is 51.3 Å². The Labute approximate surface area is 252 Å². The highest BCUT2D eigenvalue weighted by Gasteiger charge is 2.76. The summed E-state index contributed by atoms with van der Waals surface area (Å²) in [6, 6.07) is 17.0. The van der Waals surface area contributed by atoms with Crippen LogP contribution >= 0.6 is 27.7 Å². The van der Waals surface area contributed by atoms with E-state index < -0.39 is 28.7 Å². The van der Waals surface area contributed by atoms with Crippen LogP contribution < -0.4 is 10.6 Å². The molecule has 3 N–H and O–H groups in total. The van der Waals surface area contributed by atoms with Crippen molar-refractivity contribution < 1.29 is 24.2 Å². The molecule has 4 heterocycles. The fourth-order valence-corrected chi connectivity index (χ4v) is 10.6. The molecule has 218 valence electrons. The Bertz CT molecular complexity index is 1270. The average Bonchev–Trinajstić information content (AvgIpc) is 3.59. The Kier molecular flexibility index (Phi) is 8.42. The first-order valence-electron chi connectivity index (χ1n) is 14.2. The lowest BCUT2D eigenvalue weighted by Crippen LogP contribution is -2.56. The maximum absolute atomic E-state index is 14.5. The van der Waals surface area contributed by atoms with Crippen LogP contribution in [0.15, 0.2) is 60.7 Å². The second-order valence-corrected chi connectivity index (χ2v) is 13.8. The van der Waals surface area contributed by atoms with Crippen molar-refractivity contribution in [1.82, 2.24) is 15.1 Å². The van der Waals surface area contributed by atoms with Crippen molar-refractivity contribution in [2.45, 2.75) is 33.3 Å². The summed E-state index contributed by atoms with van der Waals surface area (Å²) in [6.45, 7) is 3.79. The summed E-state index contributed by atoms with van der Waals surface area (Å²) in [5.41, 5.74) is 1.42. The third-order valence-electron chi connectivity index (χ3n) is 8.84. The minimum atomic E-state index is -0.827. The zero-order chi connectivity index (χ0) is 28.6. The maximum Gasteiger partial charge on any atom is 0.244 e. The molecule has 3 amide bonds. The van der Waals surface area contributed by atoms with Gasteiger partial charge >= 0.3 is 0 Å². The lowest BCUT2D eigenvalue weighted by molar-refractivity contribution is -0.142. The zero-order valence-electron chi connectivity index (χ0n) is 22.7. The van der Waals surface area contributed by atoms with Gasteiger partial charge in [0.1, 0.15) is 6.04 Å². The van der Waals surface area contributed by atoms with E-state index in [4.69, 9.17) is 4.74 Å². The Morgan fingerprint density at radius 1 is 1.07 bits per heavy atom. The number of rotatable bonds is 9. The quantitative estimate of drug-likeness (QED) is 0.360. The first kappa shape index (κ1) is 28.7. The van der Waals surface area contributed by atoms with Crippen LogP contribution in [0.1, 0.15) is 18.0 Å². The molecule has 4 saturated heterocycles. The van der Waals surface area contributed by atoms with Crippen LogP contribution in [-0.4, -0.2) is 99.5 Å². The molecule has 0 aliphatic carbocycles. The number of likely N-dealkylation sites (tertiary alicyclic amines) is 1. The zero-order valence-corrected chi connectivity index (χ0v) is 25.1.